The zero-order chi connectivity index (χ0) is 84.0. The highest BCUT2D eigenvalue weighted by Gasteiger charge is 2.62. The van der Waals surface area contributed by atoms with Gasteiger partial charge in [0.05, 0.1) is 54.9 Å². The molecule has 0 spiro atoms. The lowest BCUT2D eigenvalue weighted by Gasteiger charge is -2.61. The maximum Gasteiger partial charge on any atom is 0.494 e. The van der Waals surface area contributed by atoms with E-state index >= 15 is 9.59 Å². The standard InChI is InChI=1S/C97H128B4Cl2O14/c1-61(2)24-22-25-62(3)79-46-47-80-76-45-36-70-52-63(48-50-96(70,20)81(76)49-51-97(79,80)21)26-23-27-75(68-53-77(86(104)108-59-66-32-41-73(42-33-66)100-114-92(12,13)93(14,15)115-100)84(82(102)55-68)106-57-64-28-37-71(38-29-64)98-110-88(4,5)89(6,7)111-98)69-54-78(87(105)109-60-67-34-43-74(44-35-67)101-116-94(16,17)95(18,19)117-101)85(83(103)56-69)107-58-65-30-39-72(40-31-65)99-112-90(8,9)91(10,11)113-99/h27-35,37-44,53-56,61-63,70,76,79-81H,22-26,36,45-52,57-60H2,1-21H3/t62?,63-,70-,76-,79+,80-,81-,96-,97+/m0/s1. The number of halogens is 2. The van der Waals surface area contributed by atoms with Gasteiger partial charge in [0.25, 0.3) is 0 Å². The summed E-state index contributed by atoms with van der Waals surface area (Å²) in [5.41, 5.74) is 5.30. The summed E-state index contributed by atoms with van der Waals surface area (Å²) in [5.74, 6) is 4.96. The van der Waals surface area contributed by atoms with Crippen LogP contribution in [0.1, 0.15) is 289 Å². The van der Waals surface area contributed by atoms with Crippen LogP contribution in [0.15, 0.2) is 127 Å². The summed E-state index contributed by atoms with van der Waals surface area (Å²) in [6, 6.07) is 38.5. The molecule has 626 valence electrons. The molecule has 4 saturated carbocycles. The lowest BCUT2D eigenvalue weighted by Crippen LogP contribution is -2.53. The molecule has 8 aliphatic rings. The van der Waals surface area contributed by atoms with Crippen LogP contribution < -0.4 is 31.3 Å². The first-order valence-corrected chi connectivity index (χ1v) is 44.5. The molecule has 8 fully saturated rings. The molecule has 4 aliphatic heterocycles. The van der Waals surface area contributed by atoms with Crippen LogP contribution in [0, 0.1) is 58.2 Å². The van der Waals surface area contributed by atoms with E-state index in [2.05, 4.69) is 40.7 Å². The number of carbonyl (C=O) groups is 2. The van der Waals surface area contributed by atoms with Crippen LogP contribution in [0.2, 0.25) is 10.0 Å². The average Bonchev–Trinajstić information content (AvgIpc) is 1.69. The minimum atomic E-state index is -0.653. The first kappa shape index (κ1) is 87.5. The molecular weight excluding hydrogens is 1500 g/mol. The van der Waals surface area contributed by atoms with Gasteiger partial charge in [-0.3, -0.25) is 0 Å². The second kappa shape index (κ2) is 33.4. The highest BCUT2D eigenvalue weighted by Crippen LogP contribution is 2.69. The second-order valence-corrected chi connectivity index (χ2v) is 41.6. The van der Waals surface area contributed by atoms with Crippen LogP contribution in [0.4, 0.5) is 0 Å². The minimum absolute atomic E-state index is 0.0597. The molecule has 4 heterocycles. The summed E-state index contributed by atoms with van der Waals surface area (Å²) in [6.07, 6.45) is 19.7. The van der Waals surface area contributed by atoms with Gasteiger partial charge in [0.15, 0.2) is 11.5 Å². The van der Waals surface area contributed by atoms with E-state index in [9.17, 15) is 0 Å². The molecule has 9 atom stereocenters. The molecule has 0 bridgehead atoms. The lowest BCUT2D eigenvalue weighted by molar-refractivity contribution is -0.121. The topological polar surface area (TPSA) is 145 Å². The molecule has 117 heavy (non-hydrogen) atoms. The third-order valence-electron chi connectivity index (χ3n) is 30.6. The third kappa shape index (κ3) is 17.9. The van der Waals surface area contributed by atoms with Gasteiger partial charge in [0.2, 0.25) is 0 Å². The summed E-state index contributed by atoms with van der Waals surface area (Å²) in [7, 11) is -2.24. The van der Waals surface area contributed by atoms with Crippen molar-refractivity contribution in [1.82, 2.24) is 0 Å². The maximum atomic E-state index is 15.4. The highest BCUT2D eigenvalue weighted by molar-refractivity contribution is 6.63. The Morgan fingerprint density at radius 2 is 0.795 bits per heavy atom. The van der Waals surface area contributed by atoms with E-state index in [4.69, 9.17) is 79.4 Å². The fraction of sp³-hybridized carbons (Fsp3) is 0.588. The summed E-state index contributed by atoms with van der Waals surface area (Å²) >= 11 is 15.3. The van der Waals surface area contributed by atoms with E-state index in [0.717, 1.165) is 86.0 Å². The van der Waals surface area contributed by atoms with Gasteiger partial charge in [-0.2, -0.15) is 0 Å². The van der Waals surface area contributed by atoms with Gasteiger partial charge in [-0.1, -0.05) is 180 Å². The molecule has 0 radical (unpaired) electrons. The summed E-state index contributed by atoms with van der Waals surface area (Å²) < 4.78 is 77.4. The number of ether oxygens (including phenoxy) is 4. The van der Waals surface area contributed by atoms with Gasteiger partial charge in [0, 0.05) is 0 Å². The molecule has 0 N–H and O–H groups in total. The van der Waals surface area contributed by atoms with Crippen LogP contribution in [-0.2, 0) is 73.1 Å². The molecule has 0 aromatic heterocycles. The Labute approximate surface area is 710 Å². The van der Waals surface area contributed by atoms with Gasteiger partial charge in [-0.25, -0.2) is 9.59 Å². The Morgan fingerprint density at radius 1 is 0.436 bits per heavy atom. The van der Waals surface area contributed by atoms with E-state index < -0.39 is 85.2 Å². The molecule has 6 aromatic rings. The first-order chi connectivity index (χ1) is 55.0. The third-order valence-corrected chi connectivity index (χ3v) is 31.1. The normalized spacial score (nSPS) is 27.0. The van der Waals surface area contributed by atoms with Crippen LogP contribution in [0.5, 0.6) is 11.5 Å². The van der Waals surface area contributed by atoms with Crippen molar-refractivity contribution in [2.75, 3.05) is 0 Å². The van der Waals surface area contributed by atoms with Crippen LogP contribution in [0.25, 0.3) is 5.57 Å². The van der Waals surface area contributed by atoms with Gasteiger partial charge in [-0.15, -0.1) is 0 Å². The minimum Gasteiger partial charge on any atom is -0.486 e. The Balaban J connectivity index is 0.795. The van der Waals surface area contributed by atoms with Crippen molar-refractivity contribution in [3.8, 4) is 11.5 Å². The SMILES string of the molecule is CC(C)CCCC(C)[C@H]1CC[C@H]2[C@@H]3CC[C@H]4C[C@@H](CCC=C(c5cc(Cl)c(OCc6ccc(B7OC(C)(C)C(C)(C)O7)cc6)c(C(=O)OCc6ccc(B7OC(C)(C)C(C)(C)O7)cc6)c5)c5cc(Cl)c(OCc6ccc(B7OC(C)(C)C(C)(C)O7)cc6)c(C(=O)OCc6ccc(B7OC(C)(C)C(C)(C)O7)cc6)c5)CC[C@]4(C)[C@H]3CC[C@]12C. The quantitative estimate of drug-likeness (QED) is 0.0375. The molecular formula is C97H128B4Cl2O14. The van der Waals surface area contributed by atoms with Gasteiger partial charge in [0.1, 0.15) is 37.6 Å². The predicted molar refractivity (Wildman–Crippen MR) is 471 cm³/mol. The van der Waals surface area contributed by atoms with E-state index in [1.165, 1.54) is 77.0 Å². The average molecular weight is 1630 g/mol. The van der Waals surface area contributed by atoms with Crippen LogP contribution in [-0.4, -0.2) is 85.2 Å². The number of rotatable bonds is 26. The number of allylic oxidation sites excluding steroid dienone is 1. The van der Waals surface area contributed by atoms with Crippen molar-refractivity contribution in [3.05, 3.63) is 182 Å². The van der Waals surface area contributed by atoms with Crippen molar-refractivity contribution in [1.29, 1.82) is 0 Å². The monoisotopic (exact) mass is 1630 g/mol. The van der Waals surface area contributed by atoms with Crippen molar-refractivity contribution in [2.45, 2.75) is 307 Å². The Morgan fingerprint density at radius 3 is 1.17 bits per heavy atom. The molecule has 6 aromatic carbocycles. The predicted octanol–water partition coefficient (Wildman–Crippen LogP) is 21.0. The number of hydrogen-bond acceptors (Lipinski definition) is 14. The number of carbonyl (C=O) groups excluding carboxylic acids is 2. The zero-order valence-electron chi connectivity index (χ0n) is 73.8. The molecule has 1 unspecified atom stereocenters. The van der Waals surface area contributed by atoms with E-state index in [0.29, 0.717) is 45.8 Å². The fourth-order valence-corrected chi connectivity index (χ4v) is 20.9. The van der Waals surface area contributed by atoms with Gasteiger partial charge >= 0.3 is 40.4 Å². The number of esters is 2. The smallest absolute Gasteiger partial charge is 0.486 e. The van der Waals surface area contributed by atoms with E-state index in [1.807, 2.05) is 220 Å². The molecule has 20 heteroatoms. The van der Waals surface area contributed by atoms with Gasteiger partial charge < -0.3 is 56.2 Å². The lowest BCUT2D eigenvalue weighted by atomic mass is 9.44. The van der Waals surface area contributed by atoms with Crippen LogP contribution >= 0.6 is 23.2 Å². The van der Waals surface area contributed by atoms with Crippen molar-refractivity contribution >= 4 is 91.0 Å². The molecule has 4 saturated heterocycles. The summed E-state index contributed by atoms with van der Waals surface area (Å²) in [4.78, 5) is 30.7. The number of hydrogen-bond donors (Lipinski definition) is 0. The van der Waals surface area contributed by atoms with Gasteiger partial charge in [-0.05, 0) is 325 Å². The Kier molecular flexibility index (Phi) is 25.0. The van der Waals surface area contributed by atoms with Crippen molar-refractivity contribution in [2.24, 2.45) is 58.2 Å². The maximum absolute atomic E-state index is 15.4. The van der Waals surface area contributed by atoms with E-state index in [-0.39, 0.29) is 59.1 Å². The highest BCUT2D eigenvalue weighted by atomic mass is 35.5. The largest absolute Gasteiger partial charge is 0.494 e. The van der Waals surface area contributed by atoms with Crippen molar-refractivity contribution < 1.29 is 65.8 Å². The number of benzene rings is 6. The Bertz CT molecular complexity index is 4300. The zero-order valence-corrected chi connectivity index (χ0v) is 75.3. The first-order valence-electron chi connectivity index (χ1n) is 43.7. The van der Waals surface area contributed by atoms with Crippen molar-refractivity contribution in [3.63, 3.8) is 0 Å². The summed E-state index contributed by atoms with van der Waals surface area (Å²) in [5, 5.41) is 0.361. The summed E-state index contributed by atoms with van der Waals surface area (Å²) in [6.45, 7) is 45.3. The molecule has 14 rings (SSSR count). The molecule has 4 aliphatic carbocycles. The van der Waals surface area contributed by atoms with Crippen LogP contribution in [0.3, 0.4) is 0 Å². The number of fused-ring (bicyclic) bond motifs is 5. The molecule has 14 nitrogen and oxygen atoms in total. The van der Waals surface area contributed by atoms with E-state index in [1.54, 1.807) is 12.1 Å². The Hall–Kier alpha value is -5.88. The molecule has 0 amide bonds. The second-order valence-electron chi connectivity index (χ2n) is 40.7. The fourth-order valence-electron chi connectivity index (χ4n) is 20.4.